The minimum atomic E-state index is -1.04. The Bertz CT molecular complexity index is 693. The van der Waals surface area contributed by atoms with Crippen molar-refractivity contribution in [3.05, 3.63) is 0 Å². The van der Waals surface area contributed by atoms with Crippen LogP contribution in [0, 0.1) is 17.2 Å². The molecule has 2 N–H and O–H groups in total. The Labute approximate surface area is 164 Å². The lowest BCUT2D eigenvalue weighted by atomic mass is 9.90. The van der Waals surface area contributed by atoms with Crippen LogP contribution in [0.1, 0.15) is 59.3 Å². The minimum Gasteiger partial charge on any atom is -0.456 e. The van der Waals surface area contributed by atoms with Crippen molar-refractivity contribution in [1.82, 2.24) is 15.5 Å². The molecule has 1 heterocycles. The van der Waals surface area contributed by atoms with Crippen molar-refractivity contribution in [1.29, 1.82) is 5.26 Å². The second-order valence-electron chi connectivity index (χ2n) is 7.96. The Balaban J connectivity index is 1.72. The summed E-state index contributed by atoms with van der Waals surface area (Å²) in [6.07, 6.45) is 3.38. The van der Waals surface area contributed by atoms with Gasteiger partial charge >= 0.3 is 12.0 Å². The molecule has 1 saturated carbocycles. The van der Waals surface area contributed by atoms with Gasteiger partial charge in [0.25, 0.3) is 11.8 Å². The number of nitrogens with zero attached hydrogens (tertiary/aromatic N) is 2. The molecule has 1 spiro atoms. The van der Waals surface area contributed by atoms with Crippen LogP contribution in [0.5, 0.6) is 0 Å². The summed E-state index contributed by atoms with van der Waals surface area (Å²) in [5.74, 6) is -1.47. The van der Waals surface area contributed by atoms with Crippen molar-refractivity contribution in [3.8, 4) is 6.07 Å². The first-order valence-electron chi connectivity index (χ1n) is 9.65. The van der Waals surface area contributed by atoms with Crippen molar-refractivity contribution < 1.29 is 23.9 Å². The molecule has 9 heteroatoms. The number of carbonyl (C=O) groups is 4. The van der Waals surface area contributed by atoms with E-state index in [9.17, 15) is 24.4 Å². The fourth-order valence-electron chi connectivity index (χ4n) is 3.42. The molecule has 1 atom stereocenters. The van der Waals surface area contributed by atoms with E-state index in [1.165, 1.54) is 0 Å². The first kappa shape index (κ1) is 21.7. The molecule has 4 amide bonds. The molecule has 2 fully saturated rings. The van der Waals surface area contributed by atoms with Gasteiger partial charge in [0.15, 0.2) is 6.61 Å². The van der Waals surface area contributed by atoms with Crippen LogP contribution in [0.2, 0.25) is 0 Å². The second-order valence-corrected chi connectivity index (χ2v) is 7.96. The second kappa shape index (κ2) is 8.59. The van der Waals surface area contributed by atoms with Crippen LogP contribution in [0.15, 0.2) is 0 Å². The lowest BCUT2D eigenvalue weighted by Crippen LogP contribution is -2.50. The normalized spacial score (nSPS) is 20.0. The number of amides is 4. The summed E-state index contributed by atoms with van der Waals surface area (Å²) in [6, 6.07) is 1.63. The summed E-state index contributed by atoms with van der Waals surface area (Å²) < 4.78 is 4.92. The molecule has 1 saturated heterocycles. The standard InChI is InChI=1S/C19H28N4O5/c1-13(2)18(3,12-20)21-14(24)11-28-15(25)7-6-10-23-16(26)19(22-17(23)27)8-4-5-9-19/h13H,4-11H2,1-3H3,(H,21,24)(H,22,27)/t18-/m1/s1. The zero-order valence-electron chi connectivity index (χ0n) is 16.7. The van der Waals surface area contributed by atoms with E-state index in [4.69, 9.17) is 4.74 Å². The molecule has 2 aliphatic rings. The van der Waals surface area contributed by atoms with E-state index in [1.807, 2.05) is 6.07 Å². The van der Waals surface area contributed by atoms with E-state index >= 15 is 0 Å². The Morgan fingerprint density at radius 1 is 1.36 bits per heavy atom. The van der Waals surface area contributed by atoms with Crippen molar-refractivity contribution >= 4 is 23.8 Å². The number of nitrogens with one attached hydrogen (secondary N) is 2. The maximum Gasteiger partial charge on any atom is 0.325 e. The lowest BCUT2D eigenvalue weighted by Gasteiger charge is -2.27. The molecule has 2 rings (SSSR count). The summed E-state index contributed by atoms with van der Waals surface area (Å²) in [5.41, 5.74) is -1.79. The maximum absolute atomic E-state index is 12.5. The minimum absolute atomic E-state index is 0.0168. The molecule has 1 aliphatic heterocycles. The third-order valence-electron chi connectivity index (χ3n) is 5.62. The predicted molar refractivity (Wildman–Crippen MR) is 98.6 cm³/mol. The molecule has 0 aromatic carbocycles. The van der Waals surface area contributed by atoms with Gasteiger partial charge in [-0.1, -0.05) is 26.7 Å². The summed E-state index contributed by atoms with van der Waals surface area (Å²) in [4.78, 5) is 49.4. The van der Waals surface area contributed by atoms with E-state index in [1.54, 1.807) is 20.8 Å². The third-order valence-corrected chi connectivity index (χ3v) is 5.62. The Morgan fingerprint density at radius 2 is 2.00 bits per heavy atom. The number of hydrogen-bond donors (Lipinski definition) is 2. The van der Waals surface area contributed by atoms with E-state index in [2.05, 4.69) is 10.6 Å². The molecule has 0 bridgehead atoms. The molecule has 0 aromatic rings. The van der Waals surface area contributed by atoms with E-state index in [0.29, 0.717) is 12.8 Å². The van der Waals surface area contributed by atoms with Gasteiger partial charge in [-0.25, -0.2) is 4.79 Å². The van der Waals surface area contributed by atoms with Crippen LogP contribution in [0.25, 0.3) is 0 Å². The van der Waals surface area contributed by atoms with Gasteiger partial charge in [0.1, 0.15) is 11.1 Å². The molecule has 0 aromatic heterocycles. The van der Waals surface area contributed by atoms with Crippen molar-refractivity contribution in [2.75, 3.05) is 13.2 Å². The number of rotatable bonds is 8. The van der Waals surface area contributed by atoms with Gasteiger partial charge in [0, 0.05) is 13.0 Å². The number of imide groups is 1. The fraction of sp³-hybridized carbons (Fsp3) is 0.737. The quantitative estimate of drug-likeness (QED) is 0.472. The highest BCUT2D eigenvalue weighted by atomic mass is 16.5. The van der Waals surface area contributed by atoms with Gasteiger partial charge in [-0.05, 0) is 32.1 Å². The average molecular weight is 392 g/mol. The highest BCUT2D eigenvalue weighted by Gasteiger charge is 2.52. The van der Waals surface area contributed by atoms with Gasteiger partial charge in [-0.2, -0.15) is 5.26 Å². The molecule has 0 radical (unpaired) electrons. The molecule has 0 unspecified atom stereocenters. The first-order valence-corrected chi connectivity index (χ1v) is 9.65. The van der Waals surface area contributed by atoms with Gasteiger partial charge in [0.2, 0.25) is 0 Å². The maximum atomic E-state index is 12.5. The smallest absolute Gasteiger partial charge is 0.325 e. The van der Waals surface area contributed by atoms with Crippen molar-refractivity contribution in [2.24, 2.45) is 5.92 Å². The predicted octanol–water partition coefficient (Wildman–Crippen LogP) is 1.23. The number of carbonyl (C=O) groups excluding carboxylic acids is 4. The van der Waals surface area contributed by atoms with Gasteiger partial charge in [0.05, 0.1) is 6.07 Å². The summed E-state index contributed by atoms with van der Waals surface area (Å²) in [5, 5.41) is 14.5. The van der Waals surface area contributed by atoms with Crippen LogP contribution >= 0.6 is 0 Å². The molecular formula is C19H28N4O5. The SMILES string of the molecule is CC(C)[C@@](C)(C#N)NC(=O)COC(=O)CCCN1C(=O)NC2(CCCC2)C1=O. The number of nitriles is 1. The summed E-state index contributed by atoms with van der Waals surface area (Å²) in [6.45, 7) is 4.87. The number of hydrogen-bond acceptors (Lipinski definition) is 6. The monoisotopic (exact) mass is 392 g/mol. The van der Waals surface area contributed by atoms with E-state index in [-0.39, 0.29) is 31.2 Å². The van der Waals surface area contributed by atoms with E-state index in [0.717, 1.165) is 17.7 Å². The molecule has 28 heavy (non-hydrogen) atoms. The third kappa shape index (κ3) is 4.61. The average Bonchev–Trinajstić information content (AvgIpc) is 3.20. The molecular weight excluding hydrogens is 364 g/mol. The first-order chi connectivity index (χ1) is 13.1. The summed E-state index contributed by atoms with van der Waals surface area (Å²) in [7, 11) is 0. The Kier molecular flexibility index (Phi) is 6.65. The van der Waals surface area contributed by atoms with Crippen LogP contribution in [-0.2, 0) is 19.1 Å². The van der Waals surface area contributed by atoms with Crippen molar-refractivity contribution in [3.63, 3.8) is 0 Å². The summed E-state index contributed by atoms with van der Waals surface area (Å²) >= 11 is 0. The largest absolute Gasteiger partial charge is 0.456 e. The number of urea groups is 1. The molecule has 9 nitrogen and oxygen atoms in total. The number of esters is 1. The highest BCUT2D eigenvalue weighted by Crippen LogP contribution is 2.35. The molecule has 1 aliphatic carbocycles. The highest BCUT2D eigenvalue weighted by molar-refractivity contribution is 6.07. The van der Waals surface area contributed by atoms with Crippen LogP contribution < -0.4 is 10.6 Å². The van der Waals surface area contributed by atoms with E-state index < -0.39 is 35.6 Å². The van der Waals surface area contributed by atoms with Crippen molar-refractivity contribution in [2.45, 2.75) is 70.4 Å². The van der Waals surface area contributed by atoms with Gasteiger partial charge in [-0.15, -0.1) is 0 Å². The zero-order valence-corrected chi connectivity index (χ0v) is 16.7. The van der Waals surface area contributed by atoms with Crippen LogP contribution in [0.4, 0.5) is 4.79 Å². The topological polar surface area (TPSA) is 129 Å². The lowest BCUT2D eigenvalue weighted by molar-refractivity contribution is -0.149. The molecule has 154 valence electrons. The van der Waals surface area contributed by atoms with Crippen LogP contribution in [-0.4, -0.2) is 52.9 Å². The fourth-order valence-corrected chi connectivity index (χ4v) is 3.42. The number of ether oxygens (including phenoxy) is 1. The Morgan fingerprint density at radius 3 is 2.57 bits per heavy atom. The Hall–Kier alpha value is -2.63. The van der Waals surface area contributed by atoms with Gasteiger partial charge < -0.3 is 15.4 Å². The van der Waals surface area contributed by atoms with Gasteiger partial charge in [-0.3, -0.25) is 19.3 Å². The van der Waals surface area contributed by atoms with Crippen LogP contribution in [0.3, 0.4) is 0 Å². The zero-order chi connectivity index (χ0) is 20.9.